The first-order valence-corrected chi connectivity index (χ1v) is 6.77. The summed E-state index contributed by atoms with van der Waals surface area (Å²) in [4.78, 5) is 3.20. The number of nitrogens with zero attached hydrogens (tertiary/aromatic N) is 1. The van der Waals surface area contributed by atoms with Crippen molar-refractivity contribution in [1.29, 1.82) is 0 Å². The number of nitrogens with two attached hydrogens (primary N) is 1. The van der Waals surface area contributed by atoms with E-state index in [9.17, 15) is 0 Å². The van der Waals surface area contributed by atoms with Gasteiger partial charge in [-0.25, -0.2) is 0 Å². The summed E-state index contributed by atoms with van der Waals surface area (Å²) in [5.74, 6) is 0.473. The lowest BCUT2D eigenvalue weighted by molar-refractivity contribution is 0.204. The summed E-state index contributed by atoms with van der Waals surface area (Å²) in [7, 11) is 0. The molecule has 4 heteroatoms. The van der Waals surface area contributed by atoms with Crippen LogP contribution in [0, 0.1) is 5.92 Å². The summed E-state index contributed by atoms with van der Waals surface area (Å²) < 4.78 is 0. The maximum Gasteiger partial charge on any atom is 0.0759 e. The van der Waals surface area contributed by atoms with Crippen LogP contribution in [0.1, 0.15) is 38.5 Å². The van der Waals surface area contributed by atoms with Gasteiger partial charge in [0.1, 0.15) is 0 Å². The van der Waals surface area contributed by atoms with Gasteiger partial charge in [0, 0.05) is 12.5 Å². The molecule has 1 heterocycles. The van der Waals surface area contributed by atoms with Gasteiger partial charge in [0.2, 0.25) is 0 Å². The fourth-order valence-electron chi connectivity index (χ4n) is 2.24. The number of thiocarbonyl (C=S) groups is 1. The molecule has 0 bridgehead atoms. The average molecular weight is 244 g/mol. The van der Waals surface area contributed by atoms with Gasteiger partial charge in [0.25, 0.3) is 0 Å². The van der Waals surface area contributed by atoms with Crippen LogP contribution in [-0.4, -0.2) is 41.2 Å². The Balaban J connectivity index is 2.02. The van der Waals surface area contributed by atoms with E-state index in [0.29, 0.717) is 17.5 Å². The molecule has 0 saturated carbocycles. The lowest BCUT2D eigenvalue weighted by atomic mass is 9.97. The summed E-state index contributed by atoms with van der Waals surface area (Å²) in [5.41, 5.74) is 5.66. The molecule has 3 N–H and O–H groups in total. The predicted molar refractivity (Wildman–Crippen MR) is 71.5 cm³/mol. The van der Waals surface area contributed by atoms with Gasteiger partial charge in [-0.15, -0.1) is 0 Å². The zero-order valence-corrected chi connectivity index (χ0v) is 10.8. The van der Waals surface area contributed by atoms with Crippen molar-refractivity contribution in [3.8, 4) is 0 Å². The molecule has 0 unspecified atom stereocenters. The van der Waals surface area contributed by atoms with Gasteiger partial charge >= 0.3 is 0 Å². The van der Waals surface area contributed by atoms with Gasteiger partial charge in [-0.1, -0.05) is 25.1 Å². The third kappa shape index (κ3) is 5.23. The number of piperidine rings is 1. The van der Waals surface area contributed by atoms with Crippen LogP contribution >= 0.6 is 12.2 Å². The van der Waals surface area contributed by atoms with E-state index < -0.39 is 0 Å². The van der Waals surface area contributed by atoms with Gasteiger partial charge < -0.3 is 15.7 Å². The topological polar surface area (TPSA) is 49.5 Å². The van der Waals surface area contributed by atoms with Crippen LogP contribution in [0.25, 0.3) is 0 Å². The van der Waals surface area contributed by atoms with Crippen LogP contribution in [0.4, 0.5) is 0 Å². The van der Waals surface area contributed by atoms with Crippen molar-refractivity contribution in [2.24, 2.45) is 11.7 Å². The highest BCUT2D eigenvalue weighted by molar-refractivity contribution is 7.80. The van der Waals surface area contributed by atoms with Crippen LogP contribution in [0.5, 0.6) is 0 Å². The second kappa shape index (κ2) is 7.98. The Labute approximate surface area is 104 Å². The van der Waals surface area contributed by atoms with Gasteiger partial charge in [0.05, 0.1) is 4.99 Å². The molecule has 0 spiro atoms. The molecule has 3 nitrogen and oxygen atoms in total. The molecule has 0 radical (unpaired) electrons. The summed E-state index contributed by atoms with van der Waals surface area (Å²) in [5, 5.41) is 8.66. The van der Waals surface area contributed by atoms with Gasteiger partial charge in [-0.3, -0.25) is 0 Å². The van der Waals surface area contributed by atoms with Crippen molar-refractivity contribution in [3.63, 3.8) is 0 Å². The number of hydrogen-bond acceptors (Lipinski definition) is 3. The molecule has 0 atom stereocenters. The number of hydrogen-bond donors (Lipinski definition) is 2. The molecule has 0 aliphatic carbocycles. The molecular weight excluding hydrogens is 220 g/mol. The second-order valence-corrected chi connectivity index (χ2v) is 5.13. The quantitative estimate of drug-likeness (QED) is 0.527. The molecule has 1 rings (SSSR count). The van der Waals surface area contributed by atoms with Crippen molar-refractivity contribution >= 4 is 17.2 Å². The van der Waals surface area contributed by atoms with Crippen molar-refractivity contribution in [2.45, 2.75) is 38.5 Å². The van der Waals surface area contributed by atoms with E-state index in [1.807, 2.05) is 0 Å². The molecule has 1 aliphatic rings. The highest BCUT2D eigenvalue weighted by atomic mass is 32.1. The Kier molecular flexibility index (Phi) is 6.92. The van der Waals surface area contributed by atoms with Gasteiger partial charge in [-0.05, 0) is 45.3 Å². The Morgan fingerprint density at radius 2 is 1.81 bits per heavy atom. The molecule has 1 aliphatic heterocycles. The fourth-order valence-corrected chi connectivity index (χ4v) is 2.48. The number of rotatable bonds is 7. The van der Waals surface area contributed by atoms with Crippen LogP contribution in [-0.2, 0) is 0 Å². The largest absolute Gasteiger partial charge is 0.396 e. The lowest BCUT2D eigenvalue weighted by Crippen LogP contribution is -2.38. The summed E-state index contributed by atoms with van der Waals surface area (Å²) in [6.07, 6.45) is 6.84. The first-order valence-electron chi connectivity index (χ1n) is 6.36. The van der Waals surface area contributed by atoms with Crippen LogP contribution in [0.15, 0.2) is 0 Å². The van der Waals surface area contributed by atoms with Crippen molar-refractivity contribution in [2.75, 3.05) is 26.2 Å². The number of likely N-dealkylation sites (tertiary alicyclic amines) is 1. The molecule has 0 aromatic heterocycles. The number of aliphatic hydroxyl groups is 1. The van der Waals surface area contributed by atoms with Crippen LogP contribution in [0.2, 0.25) is 0 Å². The second-order valence-electron chi connectivity index (χ2n) is 4.66. The average Bonchev–Trinajstić information content (AvgIpc) is 2.29. The Hall–Kier alpha value is -0.190. The summed E-state index contributed by atoms with van der Waals surface area (Å²) in [6, 6.07) is 0. The van der Waals surface area contributed by atoms with E-state index in [0.717, 1.165) is 38.8 Å². The molecule has 1 saturated heterocycles. The third-order valence-electron chi connectivity index (χ3n) is 3.37. The first kappa shape index (κ1) is 13.9. The van der Waals surface area contributed by atoms with Gasteiger partial charge in [-0.2, -0.15) is 0 Å². The zero-order valence-electron chi connectivity index (χ0n) is 10.0. The molecule has 94 valence electrons. The van der Waals surface area contributed by atoms with Gasteiger partial charge in [0.15, 0.2) is 0 Å². The van der Waals surface area contributed by atoms with E-state index in [2.05, 4.69) is 4.90 Å². The minimum absolute atomic E-state index is 0.333. The maximum absolute atomic E-state index is 8.66. The van der Waals surface area contributed by atoms with Crippen LogP contribution < -0.4 is 5.73 Å². The van der Waals surface area contributed by atoms with E-state index in [1.54, 1.807) is 0 Å². The highest BCUT2D eigenvalue weighted by Gasteiger charge is 2.20. The third-order valence-corrected chi connectivity index (χ3v) is 3.71. The van der Waals surface area contributed by atoms with E-state index in [1.165, 1.54) is 19.4 Å². The first-order chi connectivity index (χ1) is 7.74. The van der Waals surface area contributed by atoms with E-state index in [4.69, 9.17) is 23.1 Å². The summed E-state index contributed by atoms with van der Waals surface area (Å²) in [6.45, 7) is 3.80. The van der Waals surface area contributed by atoms with Crippen molar-refractivity contribution in [1.82, 2.24) is 4.90 Å². The smallest absolute Gasteiger partial charge is 0.0759 e. The van der Waals surface area contributed by atoms with Crippen molar-refractivity contribution in [3.05, 3.63) is 0 Å². The molecule has 16 heavy (non-hydrogen) atoms. The number of aliphatic hydroxyl groups excluding tert-OH is 1. The molecular formula is C12H24N2OS. The predicted octanol–water partition coefficient (Wildman–Crippen LogP) is 1.54. The lowest BCUT2D eigenvalue weighted by Gasteiger charge is -2.31. The molecule has 1 fully saturated rings. The Bertz CT molecular complexity index is 203. The number of unbranched alkanes of at least 4 members (excludes halogenated alkanes) is 3. The van der Waals surface area contributed by atoms with E-state index >= 15 is 0 Å². The standard InChI is InChI=1S/C12H24N2OS/c13-12(16)11-5-8-14(9-6-11)7-3-1-2-4-10-15/h11,15H,1-10H2,(H2,13,16). The minimum atomic E-state index is 0.333. The molecule has 0 aromatic carbocycles. The monoisotopic (exact) mass is 244 g/mol. The fraction of sp³-hybridized carbons (Fsp3) is 0.917. The molecule has 0 amide bonds. The van der Waals surface area contributed by atoms with Crippen LogP contribution in [0.3, 0.4) is 0 Å². The maximum atomic E-state index is 8.66. The van der Waals surface area contributed by atoms with E-state index in [-0.39, 0.29) is 0 Å². The normalized spacial score (nSPS) is 18.8. The Morgan fingerprint density at radius 1 is 1.19 bits per heavy atom. The minimum Gasteiger partial charge on any atom is -0.396 e. The summed E-state index contributed by atoms with van der Waals surface area (Å²) >= 11 is 5.02. The molecule has 0 aromatic rings. The highest BCUT2D eigenvalue weighted by Crippen LogP contribution is 2.17. The zero-order chi connectivity index (χ0) is 11.8. The van der Waals surface area contributed by atoms with Crippen molar-refractivity contribution < 1.29 is 5.11 Å². The Morgan fingerprint density at radius 3 is 2.38 bits per heavy atom. The SMILES string of the molecule is NC(=S)C1CCN(CCCCCCO)CC1.